The first kappa shape index (κ1) is 12.5. The summed E-state index contributed by atoms with van der Waals surface area (Å²) in [6.07, 6.45) is 3.88. The Hall–Kier alpha value is -0.570. The molecule has 0 aromatic rings. The molecule has 0 bridgehead atoms. The van der Waals surface area contributed by atoms with E-state index in [1.54, 1.807) is 0 Å². The van der Waals surface area contributed by atoms with Gasteiger partial charge in [-0.15, -0.1) is 0 Å². The van der Waals surface area contributed by atoms with Crippen LogP contribution in [-0.2, 0) is 4.79 Å². The summed E-state index contributed by atoms with van der Waals surface area (Å²) >= 11 is 0. The SMILES string of the molecule is CCN(CC1CCC1)C(=O)C(N)C(C)C. The molecule has 1 aliphatic rings. The summed E-state index contributed by atoms with van der Waals surface area (Å²) in [4.78, 5) is 13.9. The van der Waals surface area contributed by atoms with Gasteiger partial charge < -0.3 is 10.6 Å². The standard InChI is InChI=1S/C12H24N2O/c1-4-14(8-10-6-5-7-10)12(15)11(13)9(2)3/h9-11H,4-8,13H2,1-3H3. The van der Waals surface area contributed by atoms with E-state index in [9.17, 15) is 4.79 Å². The predicted octanol–water partition coefficient (Wildman–Crippen LogP) is 1.62. The highest BCUT2D eigenvalue weighted by Gasteiger charge is 2.26. The molecule has 0 spiro atoms. The third-order valence-corrected chi connectivity index (χ3v) is 3.40. The number of likely N-dealkylation sites (N-methyl/N-ethyl adjacent to an activating group) is 1. The Morgan fingerprint density at radius 3 is 2.40 bits per heavy atom. The Bertz CT molecular complexity index is 212. The molecule has 15 heavy (non-hydrogen) atoms. The Kier molecular flexibility index (Phi) is 4.58. The van der Waals surface area contributed by atoms with Crippen LogP contribution in [-0.4, -0.2) is 29.9 Å². The zero-order valence-electron chi connectivity index (χ0n) is 10.2. The molecule has 1 amide bonds. The monoisotopic (exact) mass is 212 g/mol. The molecule has 1 atom stereocenters. The number of carbonyl (C=O) groups excluding carboxylic acids is 1. The van der Waals surface area contributed by atoms with Crippen LogP contribution in [0.4, 0.5) is 0 Å². The number of carbonyl (C=O) groups is 1. The number of nitrogens with zero attached hydrogens (tertiary/aromatic N) is 1. The maximum absolute atomic E-state index is 12.0. The second-order valence-electron chi connectivity index (χ2n) is 4.94. The quantitative estimate of drug-likeness (QED) is 0.752. The van der Waals surface area contributed by atoms with E-state index in [1.807, 2.05) is 25.7 Å². The van der Waals surface area contributed by atoms with Crippen LogP contribution in [0.2, 0.25) is 0 Å². The average Bonchev–Trinajstić information content (AvgIpc) is 2.14. The fourth-order valence-electron chi connectivity index (χ4n) is 1.86. The van der Waals surface area contributed by atoms with E-state index in [0.29, 0.717) is 0 Å². The topological polar surface area (TPSA) is 46.3 Å². The number of amides is 1. The minimum absolute atomic E-state index is 0.124. The van der Waals surface area contributed by atoms with Gasteiger partial charge in [0.2, 0.25) is 5.91 Å². The first-order chi connectivity index (χ1) is 7.06. The second kappa shape index (κ2) is 5.50. The molecule has 3 heteroatoms. The maximum Gasteiger partial charge on any atom is 0.239 e. The lowest BCUT2D eigenvalue weighted by molar-refractivity contribution is -0.134. The van der Waals surface area contributed by atoms with Crippen LogP contribution in [0, 0.1) is 11.8 Å². The van der Waals surface area contributed by atoms with Gasteiger partial charge in [-0.1, -0.05) is 20.3 Å². The molecular weight excluding hydrogens is 188 g/mol. The minimum Gasteiger partial charge on any atom is -0.341 e. The van der Waals surface area contributed by atoms with Crippen molar-refractivity contribution in [2.45, 2.75) is 46.1 Å². The fraction of sp³-hybridized carbons (Fsp3) is 0.917. The fourth-order valence-corrected chi connectivity index (χ4v) is 1.86. The van der Waals surface area contributed by atoms with Crippen LogP contribution in [0.1, 0.15) is 40.0 Å². The van der Waals surface area contributed by atoms with Gasteiger partial charge in [0.25, 0.3) is 0 Å². The van der Waals surface area contributed by atoms with Gasteiger partial charge in [0.15, 0.2) is 0 Å². The average molecular weight is 212 g/mol. The molecule has 1 fully saturated rings. The maximum atomic E-state index is 12.0. The molecule has 0 saturated heterocycles. The van der Waals surface area contributed by atoms with Crippen LogP contribution < -0.4 is 5.73 Å². The summed E-state index contributed by atoms with van der Waals surface area (Å²) in [5, 5.41) is 0. The summed E-state index contributed by atoms with van der Waals surface area (Å²) in [6, 6.07) is -0.329. The smallest absolute Gasteiger partial charge is 0.239 e. The van der Waals surface area contributed by atoms with Crippen molar-refractivity contribution in [3.63, 3.8) is 0 Å². The van der Waals surface area contributed by atoms with Crippen molar-refractivity contribution in [1.29, 1.82) is 0 Å². The third-order valence-electron chi connectivity index (χ3n) is 3.40. The zero-order chi connectivity index (χ0) is 11.4. The molecule has 1 aliphatic carbocycles. The predicted molar refractivity (Wildman–Crippen MR) is 62.4 cm³/mol. The highest BCUT2D eigenvalue weighted by Crippen LogP contribution is 2.27. The Balaban J connectivity index is 2.45. The largest absolute Gasteiger partial charge is 0.341 e. The Labute approximate surface area is 93.0 Å². The second-order valence-corrected chi connectivity index (χ2v) is 4.94. The van der Waals surface area contributed by atoms with E-state index in [2.05, 4.69) is 0 Å². The van der Waals surface area contributed by atoms with Crippen LogP contribution in [0.15, 0.2) is 0 Å². The van der Waals surface area contributed by atoms with E-state index >= 15 is 0 Å². The molecule has 3 nitrogen and oxygen atoms in total. The first-order valence-corrected chi connectivity index (χ1v) is 6.10. The number of nitrogens with two attached hydrogens (primary N) is 1. The van der Waals surface area contributed by atoms with Gasteiger partial charge in [0, 0.05) is 13.1 Å². The molecule has 88 valence electrons. The molecule has 0 radical (unpaired) electrons. The molecule has 1 rings (SSSR count). The van der Waals surface area contributed by atoms with Crippen molar-refractivity contribution in [3.05, 3.63) is 0 Å². The third kappa shape index (κ3) is 3.20. The lowest BCUT2D eigenvalue weighted by atomic mass is 9.85. The van der Waals surface area contributed by atoms with Gasteiger partial charge in [-0.05, 0) is 31.6 Å². The van der Waals surface area contributed by atoms with Crippen LogP contribution in [0.5, 0.6) is 0 Å². The van der Waals surface area contributed by atoms with Crippen molar-refractivity contribution in [3.8, 4) is 0 Å². The van der Waals surface area contributed by atoms with Crippen molar-refractivity contribution in [2.24, 2.45) is 17.6 Å². The van der Waals surface area contributed by atoms with Crippen LogP contribution in [0.3, 0.4) is 0 Å². The van der Waals surface area contributed by atoms with Crippen molar-refractivity contribution >= 4 is 5.91 Å². The van der Waals surface area contributed by atoms with Gasteiger partial charge >= 0.3 is 0 Å². The van der Waals surface area contributed by atoms with E-state index < -0.39 is 0 Å². The number of rotatable bonds is 5. The van der Waals surface area contributed by atoms with E-state index in [4.69, 9.17) is 5.73 Å². The lowest BCUT2D eigenvalue weighted by Gasteiger charge is -2.33. The Morgan fingerprint density at radius 1 is 1.47 bits per heavy atom. The normalized spacial score (nSPS) is 18.7. The van der Waals surface area contributed by atoms with Gasteiger partial charge in [-0.2, -0.15) is 0 Å². The first-order valence-electron chi connectivity index (χ1n) is 6.10. The molecular formula is C12H24N2O. The Morgan fingerprint density at radius 2 is 2.07 bits per heavy atom. The van der Waals surface area contributed by atoms with Crippen LogP contribution in [0.25, 0.3) is 0 Å². The van der Waals surface area contributed by atoms with Gasteiger partial charge in [0.05, 0.1) is 6.04 Å². The summed E-state index contributed by atoms with van der Waals surface area (Å²) in [5.74, 6) is 1.08. The van der Waals surface area contributed by atoms with Gasteiger partial charge in [-0.3, -0.25) is 4.79 Å². The summed E-state index contributed by atoms with van der Waals surface area (Å²) in [6.45, 7) is 7.73. The van der Waals surface area contributed by atoms with Crippen LogP contribution >= 0.6 is 0 Å². The molecule has 1 unspecified atom stereocenters. The summed E-state index contributed by atoms with van der Waals surface area (Å²) in [7, 11) is 0. The van der Waals surface area contributed by atoms with Crippen molar-refractivity contribution in [1.82, 2.24) is 4.90 Å². The number of hydrogen-bond acceptors (Lipinski definition) is 2. The van der Waals surface area contributed by atoms with Crippen molar-refractivity contribution in [2.75, 3.05) is 13.1 Å². The molecule has 0 heterocycles. The van der Waals surface area contributed by atoms with Gasteiger partial charge in [0.1, 0.15) is 0 Å². The molecule has 1 saturated carbocycles. The summed E-state index contributed by atoms with van der Waals surface area (Å²) in [5.41, 5.74) is 5.88. The molecule has 0 aromatic carbocycles. The zero-order valence-corrected chi connectivity index (χ0v) is 10.2. The highest BCUT2D eigenvalue weighted by atomic mass is 16.2. The van der Waals surface area contributed by atoms with Gasteiger partial charge in [-0.25, -0.2) is 0 Å². The molecule has 2 N–H and O–H groups in total. The summed E-state index contributed by atoms with van der Waals surface area (Å²) < 4.78 is 0. The minimum atomic E-state index is -0.329. The van der Waals surface area contributed by atoms with E-state index in [-0.39, 0.29) is 17.9 Å². The number of hydrogen-bond donors (Lipinski definition) is 1. The van der Waals surface area contributed by atoms with Crippen molar-refractivity contribution < 1.29 is 4.79 Å². The molecule has 0 aliphatic heterocycles. The lowest BCUT2D eigenvalue weighted by Crippen LogP contribution is -2.48. The molecule has 0 aromatic heterocycles. The van der Waals surface area contributed by atoms with E-state index in [0.717, 1.165) is 19.0 Å². The highest BCUT2D eigenvalue weighted by molar-refractivity contribution is 5.81. The van der Waals surface area contributed by atoms with E-state index in [1.165, 1.54) is 19.3 Å².